The molecule has 0 aromatic heterocycles. The van der Waals surface area contributed by atoms with Crippen LogP contribution in [0.1, 0.15) is 24.2 Å². The van der Waals surface area contributed by atoms with Crippen molar-refractivity contribution in [3.63, 3.8) is 0 Å². The van der Waals surface area contributed by atoms with Crippen LogP contribution < -0.4 is 4.74 Å². The van der Waals surface area contributed by atoms with Gasteiger partial charge in [-0.25, -0.2) is 13.6 Å². The van der Waals surface area contributed by atoms with Crippen LogP contribution in [0.2, 0.25) is 0 Å². The van der Waals surface area contributed by atoms with E-state index in [0.29, 0.717) is 0 Å². The van der Waals surface area contributed by atoms with E-state index >= 15 is 0 Å². The fraction of sp³-hybridized carbons (Fsp3) is 0.364. The van der Waals surface area contributed by atoms with Gasteiger partial charge in [0, 0.05) is 0 Å². The number of hydrogen-bond acceptors (Lipinski definition) is 2. The van der Waals surface area contributed by atoms with Crippen molar-refractivity contribution >= 4 is 5.97 Å². The Balaban J connectivity index is 3.34. The van der Waals surface area contributed by atoms with Gasteiger partial charge >= 0.3 is 5.97 Å². The molecular weight excluding hydrogens is 256 g/mol. The van der Waals surface area contributed by atoms with Gasteiger partial charge in [-0.3, -0.25) is 0 Å². The summed E-state index contributed by atoms with van der Waals surface area (Å²) < 4.78 is 57.8. The number of carboxylic acid groups (broad SMARTS) is 1. The zero-order valence-electron chi connectivity index (χ0n) is 9.56. The first kappa shape index (κ1) is 14.3. The third-order valence-corrected chi connectivity index (χ3v) is 2.00. The predicted octanol–water partition coefficient (Wildman–Crippen LogP) is 2.98. The molecule has 0 aliphatic rings. The van der Waals surface area contributed by atoms with Crippen LogP contribution in [0.4, 0.5) is 17.6 Å². The topological polar surface area (TPSA) is 46.5 Å². The quantitative estimate of drug-likeness (QED) is 0.673. The molecule has 0 fully saturated rings. The summed E-state index contributed by atoms with van der Waals surface area (Å²) in [6.07, 6.45) is 0. The van der Waals surface area contributed by atoms with Gasteiger partial charge < -0.3 is 9.84 Å². The first-order chi connectivity index (χ1) is 8.27. The molecule has 1 aromatic carbocycles. The summed E-state index contributed by atoms with van der Waals surface area (Å²) in [6, 6.07) is 0. The van der Waals surface area contributed by atoms with E-state index in [4.69, 9.17) is 5.11 Å². The van der Waals surface area contributed by atoms with E-state index in [1.165, 1.54) is 0 Å². The Morgan fingerprint density at radius 2 is 1.56 bits per heavy atom. The smallest absolute Gasteiger partial charge is 0.341 e. The lowest BCUT2D eigenvalue weighted by Crippen LogP contribution is -2.14. The van der Waals surface area contributed by atoms with E-state index in [2.05, 4.69) is 4.74 Å². The fourth-order valence-corrected chi connectivity index (χ4v) is 1.18. The van der Waals surface area contributed by atoms with Crippen LogP contribution in [0.3, 0.4) is 0 Å². The third-order valence-electron chi connectivity index (χ3n) is 2.00. The molecule has 3 nitrogen and oxygen atoms in total. The second-order valence-corrected chi connectivity index (χ2v) is 3.97. The van der Waals surface area contributed by atoms with E-state index in [1.54, 1.807) is 13.8 Å². The van der Waals surface area contributed by atoms with Gasteiger partial charge in [0.2, 0.25) is 11.6 Å². The van der Waals surface area contributed by atoms with Crippen molar-refractivity contribution in [3.05, 3.63) is 28.8 Å². The molecular formula is C11H10F4O3. The first-order valence-corrected chi connectivity index (χ1v) is 4.99. The zero-order chi connectivity index (χ0) is 14.0. The molecule has 0 radical (unpaired) electrons. The van der Waals surface area contributed by atoms with Crippen LogP contribution in [0.5, 0.6) is 5.75 Å². The van der Waals surface area contributed by atoms with Crippen LogP contribution in [-0.4, -0.2) is 17.7 Å². The second-order valence-electron chi connectivity index (χ2n) is 3.97. The summed E-state index contributed by atoms with van der Waals surface area (Å²) in [4.78, 5) is 10.5. The predicted molar refractivity (Wildman–Crippen MR) is 53.6 cm³/mol. The number of halogens is 4. The van der Waals surface area contributed by atoms with Crippen molar-refractivity contribution in [2.24, 2.45) is 5.92 Å². The van der Waals surface area contributed by atoms with Crippen LogP contribution in [0.15, 0.2) is 0 Å². The Morgan fingerprint density at radius 1 is 1.11 bits per heavy atom. The molecule has 0 unspecified atom stereocenters. The molecule has 1 aromatic rings. The van der Waals surface area contributed by atoms with Crippen LogP contribution in [0.25, 0.3) is 0 Å². The Kier molecular flexibility index (Phi) is 4.15. The third kappa shape index (κ3) is 2.55. The Hall–Kier alpha value is -1.79. The number of ether oxygens (including phenoxy) is 1. The largest absolute Gasteiger partial charge is 0.487 e. The first-order valence-electron chi connectivity index (χ1n) is 4.99. The van der Waals surface area contributed by atoms with Crippen molar-refractivity contribution in [3.8, 4) is 5.75 Å². The van der Waals surface area contributed by atoms with Gasteiger partial charge in [-0.2, -0.15) is 8.78 Å². The molecule has 0 spiro atoms. The summed E-state index contributed by atoms with van der Waals surface area (Å²) in [7, 11) is 0. The maximum Gasteiger partial charge on any atom is 0.341 e. The number of rotatable bonds is 4. The summed E-state index contributed by atoms with van der Waals surface area (Å²) in [5, 5.41) is 8.45. The van der Waals surface area contributed by atoms with Crippen molar-refractivity contribution in [1.29, 1.82) is 0 Å². The molecule has 0 aliphatic heterocycles. The van der Waals surface area contributed by atoms with Crippen LogP contribution in [-0.2, 0) is 0 Å². The van der Waals surface area contributed by atoms with Crippen molar-refractivity contribution in [1.82, 2.24) is 0 Å². The molecule has 18 heavy (non-hydrogen) atoms. The lowest BCUT2D eigenvalue weighted by molar-refractivity contribution is 0.0682. The van der Waals surface area contributed by atoms with Gasteiger partial charge in [-0.05, 0) is 5.92 Å². The van der Waals surface area contributed by atoms with E-state index in [1.807, 2.05) is 0 Å². The molecule has 0 heterocycles. The summed E-state index contributed by atoms with van der Waals surface area (Å²) in [5.74, 6) is -11.2. The summed E-state index contributed by atoms with van der Waals surface area (Å²) >= 11 is 0. The average Bonchev–Trinajstić information content (AvgIpc) is 2.26. The van der Waals surface area contributed by atoms with Gasteiger partial charge in [-0.15, -0.1) is 0 Å². The highest BCUT2D eigenvalue weighted by Crippen LogP contribution is 2.30. The highest BCUT2D eigenvalue weighted by atomic mass is 19.2. The lowest BCUT2D eigenvalue weighted by atomic mass is 10.1. The Bertz CT molecular complexity index is 457. The van der Waals surface area contributed by atoms with Crippen molar-refractivity contribution < 1.29 is 32.2 Å². The van der Waals surface area contributed by atoms with E-state index in [9.17, 15) is 22.4 Å². The minimum Gasteiger partial charge on any atom is -0.487 e. The van der Waals surface area contributed by atoms with Crippen LogP contribution >= 0.6 is 0 Å². The molecule has 7 heteroatoms. The maximum atomic E-state index is 13.3. The number of hydrogen-bond donors (Lipinski definition) is 1. The molecule has 100 valence electrons. The van der Waals surface area contributed by atoms with Gasteiger partial charge in [0.05, 0.1) is 6.61 Å². The van der Waals surface area contributed by atoms with E-state index < -0.39 is 40.6 Å². The minimum atomic E-state index is -2.10. The highest BCUT2D eigenvalue weighted by Gasteiger charge is 2.30. The van der Waals surface area contributed by atoms with Gasteiger partial charge in [0.15, 0.2) is 17.4 Å². The van der Waals surface area contributed by atoms with E-state index in [0.717, 1.165) is 0 Å². The fourth-order valence-electron chi connectivity index (χ4n) is 1.18. The summed E-state index contributed by atoms with van der Waals surface area (Å²) in [5.41, 5.74) is -1.68. The van der Waals surface area contributed by atoms with Crippen molar-refractivity contribution in [2.45, 2.75) is 13.8 Å². The number of carboxylic acids is 1. The van der Waals surface area contributed by atoms with Crippen molar-refractivity contribution in [2.75, 3.05) is 6.61 Å². The maximum absolute atomic E-state index is 13.3. The molecule has 0 atom stereocenters. The van der Waals surface area contributed by atoms with Gasteiger partial charge in [0.1, 0.15) is 5.56 Å². The molecule has 0 saturated heterocycles. The molecule has 1 rings (SSSR count). The lowest BCUT2D eigenvalue weighted by Gasteiger charge is -2.12. The van der Waals surface area contributed by atoms with Gasteiger partial charge in [-0.1, -0.05) is 13.8 Å². The molecule has 0 aliphatic carbocycles. The Labute approximate surface area is 100.0 Å². The van der Waals surface area contributed by atoms with E-state index in [-0.39, 0.29) is 12.5 Å². The molecule has 1 N–H and O–H groups in total. The standard InChI is InChI=1S/C11H10F4O3/c1-4(2)3-18-10-8(14)6(12)5(11(16)17)7(13)9(10)15/h4H,3H2,1-2H3,(H,16,17). The Morgan fingerprint density at radius 3 is 1.89 bits per heavy atom. The normalized spacial score (nSPS) is 10.8. The second kappa shape index (κ2) is 5.24. The zero-order valence-corrected chi connectivity index (χ0v) is 9.56. The molecule has 0 saturated carbocycles. The number of benzene rings is 1. The molecule has 0 bridgehead atoms. The number of aromatic carboxylic acids is 1. The monoisotopic (exact) mass is 266 g/mol. The summed E-state index contributed by atoms with van der Waals surface area (Å²) in [6.45, 7) is 3.15. The van der Waals surface area contributed by atoms with Crippen LogP contribution in [0, 0.1) is 29.2 Å². The highest BCUT2D eigenvalue weighted by molar-refractivity contribution is 5.88. The number of carbonyl (C=O) groups is 1. The SMILES string of the molecule is CC(C)COc1c(F)c(F)c(C(=O)O)c(F)c1F. The molecule has 0 amide bonds. The minimum absolute atomic E-state index is 0.130. The van der Waals surface area contributed by atoms with Gasteiger partial charge in [0.25, 0.3) is 0 Å². The average molecular weight is 266 g/mol.